The van der Waals surface area contributed by atoms with Gasteiger partial charge in [0.05, 0.1) is 16.4 Å². The minimum atomic E-state index is -0.769. The Balaban J connectivity index is 1.79. The third-order valence-corrected chi connectivity index (χ3v) is 5.30. The number of carbonyl (C=O) groups is 3. The van der Waals surface area contributed by atoms with E-state index in [9.17, 15) is 14.4 Å². The number of carbonyl (C=O) groups excluding carboxylic acids is 3. The topological polar surface area (TPSA) is 71.4 Å². The Morgan fingerprint density at radius 3 is 2.30 bits per heavy atom. The van der Waals surface area contributed by atoms with E-state index in [0.717, 1.165) is 22.0 Å². The average molecular weight is 420 g/mol. The van der Waals surface area contributed by atoms with Crippen molar-refractivity contribution in [3.63, 3.8) is 0 Å². The van der Waals surface area contributed by atoms with E-state index in [1.165, 1.54) is 6.08 Å². The number of hydrogen-bond acceptors (Lipinski definition) is 3. The highest BCUT2D eigenvalue weighted by Crippen LogP contribution is 2.28. The van der Waals surface area contributed by atoms with Crippen molar-refractivity contribution in [3.05, 3.63) is 88.2 Å². The van der Waals surface area contributed by atoms with Crippen molar-refractivity contribution in [2.75, 3.05) is 4.90 Å². The zero-order chi connectivity index (χ0) is 21.4. The van der Waals surface area contributed by atoms with Gasteiger partial charge in [0.1, 0.15) is 5.57 Å². The van der Waals surface area contributed by atoms with Gasteiger partial charge in [-0.3, -0.25) is 14.9 Å². The molecule has 7 heteroatoms. The predicted molar refractivity (Wildman–Crippen MR) is 116 cm³/mol. The van der Waals surface area contributed by atoms with Gasteiger partial charge < -0.3 is 4.57 Å². The Kier molecular flexibility index (Phi) is 5.01. The SMILES string of the molecule is Cc1cc(/C=C2\C(=O)NC(=O)N(c3ccccc3)C2=O)c(C)n1-c1ccccc1Cl. The first-order chi connectivity index (χ1) is 14.4. The third kappa shape index (κ3) is 3.31. The Bertz CT molecular complexity index is 1210. The summed E-state index contributed by atoms with van der Waals surface area (Å²) in [5.41, 5.74) is 3.48. The van der Waals surface area contributed by atoms with Crippen molar-refractivity contribution in [2.24, 2.45) is 0 Å². The molecule has 2 aromatic carbocycles. The second kappa shape index (κ2) is 7.65. The lowest BCUT2D eigenvalue weighted by atomic mass is 10.1. The fraction of sp³-hybridized carbons (Fsp3) is 0.0870. The van der Waals surface area contributed by atoms with Crippen LogP contribution in [0.5, 0.6) is 0 Å². The lowest BCUT2D eigenvalue weighted by Gasteiger charge is -2.26. The van der Waals surface area contributed by atoms with Crippen LogP contribution in [0.4, 0.5) is 10.5 Å². The Hall–Kier alpha value is -3.64. The molecule has 6 nitrogen and oxygen atoms in total. The van der Waals surface area contributed by atoms with Crippen LogP contribution >= 0.6 is 11.6 Å². The molecule has 1 saturated heterocycles. The van der Waals surface area contributed by atoms with E-state index >= 15 is 0 Å². The molecule has 30 heavy (non-hydrogen) atoms. The van der Waals surface area contributed by atoms with Crippen LogP contribution in [0.2, 0.25) is 5.02 Å². The van der Waals surface area contributed by atoms with Crippen LogP contribution in [0.1, 0.15) is 17.0 Å². The minimum absolute atomic E-state index is 0.113. The molecule has 0 saturated carbocycles. The van der Waals surface area contributed by atoms with Crippen molar-refractivity contribution in [3.8, 4) is 5.69 Å². The molecule has 0 atom stereocenters. The number of para-hydroxylation sites is 2. The van der Waals surface area contributed by atoms with Gasteiger partial charge in [0.25, 0.3) is 11.8 Å². The normalized spacial score (nSPS) is 15.6. The monoisotopic (exact) mass is 419 g/mol. The quantitative estimate of drug-likeness (QED) is 0.504. The van der Waals surface area contributed by atoms with Gasteiger partial charge in [-0.05, 0) is 55.8 Å². The van der Waals surface area contributed by atoms with E-state index in [4.69, 9.17) is 11.6 Å². The van der Waals surface area contributed by atoms with Gasteiger partial charge in [0, 0.05) is 11.4 Å². The summed E-state index contributed by atoms with van der Waals surface area (Å²) in [5, 5.41) is 2.83. The molecule has 3 aromatic rings. The Morgan fingerprint density at radius 1 is 0.933 bits per heavy atom. The number of benzene rings is 2. The predicted octanol–water partition coefficient (Wildman–Crippen LogP) is 4.41. The van der Waals surface area contributed by atoms with Gasteiger partial charge in [-0.1, -0.05) is 41.9 Å². The third-order valence-electron chi connectivity index (χ3n) is 4.98. The number of nitrogens with zero attached hydrogens (tertiary/aromatic N) is 2. The molecule has 1 aliphatic rings. The minimum Gasteiger partial charge on any atom is -0.316 e. The first-order valence-corrected chi connectivity index (χ1v) is 9.66. The van der Waals surface area contributed by atoms with Crippen LogP contribution in [-0.4, -0.2) is 22.4 Å². The van der Waals surface area contributed by atoms with Crippen molar-refractivity contribution in [2.45, 2.75) is 13.8 Å². The standard InChI is InChI=1S/C23H18ClN3O3/c1-14-12-16(15(2)26(14)20-11-7-6-10-19(20)24)13-18-21(28)25-23(30)27(22(18)29)17-8-4-3-5-9-17/h3-13H,1-2H3,(H,25,28,30)/b18-13+. The molecule has 0 unspecified atom stereocenters. The molecule has 1 N–H and O–H groups in total. The second-order valence-electron chi connectivity index (χ2n) is 6.91. The van der Waals surface area contributed by atoms with Gasteiger partial charge >= 0.3 is 6.03 Å². The Labute approximate surface area is 178 Å². The first kappa shape index (κ1) is 19.7. The summed E-state index contributed by atoms with van der Waals surface area (Å²) in [6.45, 7) is 3.80. The van der Waals surface area contributed by atoms with Gasteiger partial charge in [-0.15, -0.1) is 0 Å². The van der Waals surface area contributed by atoms with Crippen LogP contribution in [0.25, 0.3) is 11.8 Å². The summed E-state index contributed by atoms with van der Waals surface area (Å²) >= 11 is 6.35. The first-order valence-electron chi connectivity index (χ1n) is 9.29. The smallest absolute Gasteiger partial charge is 0.316 e. The molecule has 2 heterocycles. The molecule has 150 valence electrons. The van der Waals surface area contributed by atoms with Gasteiger partial charge in [0.2, 0.25) is 0 Å². The number of aromatic nitrogens is 1. The molecule has 1 fully saturated rings. The van der Waals surface area contributed by atoms with E-state index in [1.807, 2.05) is 42.7 Å². The average Bonchev–Trinajstić information content (AvgIpc) is 2.99. The van der Waals surface area contributed by atoms with Crippen molar-refractivity contribution in [1.82, 2.24) is 9.88 Å². The largest absolute Gasteiger partial charge is 0.335 e. The summed E-state index contributed by atoms with van der Waals surface area (Å²) < 4.78 is 1.96. The summed E-state index contributed by atoms with van der Waals surface area (Å²) in [4.78, 5) is 38.7. The van der Waals surface area contributed by atoms with E-state index in [-0.39, 0.29) is 5.57 Å². The molecule has 1 aliphatic heterocycles. The molecular weight excluding hydrogens is 402 g/mol. The molecule has 0 aliphatic carbocycles. The highest BCUT2D eigenvalue weighted by Gasteiger charge is 2.36. The molecule has 4 rings (SSSR count). The van der Waals surface area contributed by atoms with Crippen LogP contribution in [0.3, 0.4) is 0 Å². The number of nitrogens with one attached hydrogen (secondary N) is 1. The number of hydrogen-bond donors (Lipinski definition) is 1. The van der Waals surface area contributed by atoms with Gasteiger partial charge in [0.15, 0.2) is 0 Å². The number of anilines is 1. The maximum atomic E-state index is 13.0. The number of aryl methyl sites for hydroxylation is 1. The highest BCUT2D eigenvalue weighted by molar-refractivity contribution is 6.39. The van der Waals surface area contributed by atoms with E-state index in [1.54, 1.807) is 36.4 Å². The molecule has 4 amide bonds. The maximum absolute atomic E-state index is 13.0. The molecular formula is C23H18ClN3O3. The van der Waals surface area contributed by atoms with Crippen LogP contribution in [-0.2, 0) is 9.59 Å². The van der Waals surface area contributed by atoms with Gasteiger partial charge in [-0.25, -0.2) is 9.69 Å². The molecule has 0 bridgehead atoms. The van der Waals surface area contributed by atoms with Crippen molar-refractivity contribution >= 4 is 41.2 Å². The number of barbiturate groups is 1. The summed E-state index contributed by atoms with van der Waals surface area (Å²) in [6.07, 6.45) is 1.51. The summed E-state index contributed by atoms with van der Waals surface area (Å²) in [5.74, 6) is -1.39. The fourth-order valence-corrected chi connectivity index (χ4v) is 3.78. The highest BCUT2D eigenvalue weighted by atomic mass is 35.5. The van der Waals surface area contributed by atoms with Crippen LogP contribution in [0, 0.1) is 13.8 Å². The van der Waals surface area contributed by atoms with Crippen molar-refractivity contribution in [1.29, 1.82) is 0 Å². The molecule has 0 spiro atoms. The van der Waals surface area contributed by atoms with Crippen LogP contribution < -0.4 is 10.2 Å². The Morgan fingerprint density at radius 2 is 1.60 bits per heavy atom. The number of amides is 4. The van der Waals surface area contributed by atoms with Gasteiger partial charge in [-0.2, -0.15) is 0 Å². The number of halogens is 1. The van der Waals surface area contributed by atoms with Crippen LogP contribution in [0.15, 0.2) is 66.2 Å². The summed E-state index contributed by atoms with van der Waals surface area (Å²) in [7, 11) is 0. The van der Waals surface area contributed by atoms with Crippen molar-refractivity contribution < 1.29 is 14.4 Å². The number of imide groups is 2. The number of urea groups is 1. The number of rotatable bonds is 3. The lowest BCUT2D eigenvalue weighted by molar-refractivity contribution is -0.122. The van der Waals surface area contributed by atoms with E-state index < -0.39 is 17.8 Å². The zero-order valence-corrected chi connectivity index (χ0v) is 17.1. The van der Waals surface area contributed by atoms with E-state index in [2.05, 4.69) is 5.32 Å². The lowest BCUT2D eigenvalue weighted by Crippen LogP contribution is -2.54. The molecule has 0 radical (unpaired) electrons. The zero-order valence-electron chi connectivity index (χ0n) is 16.3. The molecule has 1 aromatic heterocycles. The maximum Gasteiger partial charge on any atom is 0.335 e. The fourth-order valence-electron chi connectivity index (χ4n) is 3.56. The second-order valence-corrected chi connectivity index (χ2v) is 7.31. The summed E-state index contributed by atoms with van der Waals surface area (Å²) in [6, 6.07) is 17.0. The van der Waals surface area contributed by atoms with E-state index in [0.29, 0.717) is 16.3 Å².